The zero-order valence-corrected chi connectivity index (χ0v) is 10.9. The van der Waals surface area contributed by atoms with Crippen molar-refractivity contribution < 1.29 is 0 Å². The molecule has 0 amide bonds. The lowest BCUT2D eigenvalue weighted by molar-refractivity contribution is 0.313. The van der Waals surface area contributed by atoms with E-state index in [1.165, 1.54) is 34.9 Å². The lowest BCUT2D eigenvalue weighted by Gasteiger charge is -2.30. The van der Waals surface area contributed by atoms with Crippen molar-refractivity contribution in [1.29, 1.82) is 0 Å². The fourth-order valence-corrected chi connectivity index (χ4v) is 4.28. The Morgan fingerprint density at radius 3 is 2.80 bits per heavy atom. The molecule has 1 saturated carbocycles. The number of benzene rings is 1. The van der Waals surface area contributed by atoms with E-state index in [4.69, 9.17) is 0 Å². The van der Waals surface area contributed by atoms with Crippen LogP contribution in [0.1, 0.15) is 29.7 Å². The van der Waals surface area contributed by atoms with Crippen LogP contribution in [0.5, 0.6) is 0 Å². The van der Waals surface area contributed by atoms with Gasteiger partial charge in [-0.2, -0.15) is 0 Å². The van der Waals surface area contributed by atoms with Gasteiger partial charge in [-0.05, 0) is 41.2 Å². The number of hydrogen-bond acceptors (Lipinski definition) is 1. The molecule has 1 aromatic carbocycles. The molecule has 15 heavy (non-hydrogen) atoms. The van der Waals surface area contributed by atoms with Crippen molar-refractivity contribution in [3.8, 4) is 0 Å². The SMILES string of the molecule is BrC(c1csc2ccccc12)C1CCC1. The molecular formula is C13H13BrS. The molecule has 0 nitrogen and oxygen atoms in total. The average Bonchev–Trinajstić information content (AvgIpc) is 2.58. The molecule has 1 aromatic heterocycles. The predicted octanol–water partition coefficient (Wildman–Crippen LogP) is 5.14. The van der Waals surface area contributed by atoms with Crippen LogP contribution in [-0.4, -0.2) is 0 Å². The van der Waals surface area contributed by atoms with Gasteiger partial charge >= 0.3 is 0 Å². The van der Waals surface area contributed by atoms with Crippen LogP contribution < -0.4 is 0 Å². The summed E-state index contributed by atoms with van der Waals surface area (Å²) in [4.78, 5) is 0.572. The van der Waals surface area contributed by atoms with Crippen LogP contribution in [-0.2, 0) is 0 Å². The van der Waals surface area contributed by atoms with Crippen molar-refractivity contribution in [1.82, 2.24) is 0 Å². The van der Waals surface area contributed by atoms with Crippen LogP contribution in [0.3, 0.4) is 0 Å². The Morgan fingerprint density at radius 1 is 1.27 bits per heavy atom. The van der Waals surface area contributed by atoms with E-state index >= 15 is 0 Å². The summed E-state index contributed by atoms with van der Waals surface area (Å²) < 4.78 is 1.41. The van der Waals surface area contributed by atoms with Crippen LogP contribution >= 0.6 is 27.3 Å². The minimum absolute atomic E-state index is 0.572. The summed E-state index contributed by atoms with van der Waals surface area (Å²) in [5.74, 6) is 0.864. The summed E-state index contributed by atoms with van der Waals surface area (Å²) in [7, 11) is 0. The highest BCUT2D eigenvalue weighted by atomic mass is 79.9. The Morgan fingerprint density at radius 2 is 2.07 bits per heavy atom. The van der Waals surface area contributed by atoms with Crippen LogP contribution in [0, 0.1) is 5.92 Å². The second kappa shape index (κ2) is 3.91. The van der Waals surface area contributed by atoms with E-state index < -0.39 is 0 Å². The van der Waals surface area contributed by atoms with Crippen molar-refractivity contribution in [2.75, 3.05) is 0 Å². The summed E-state index contributed by atoms with van der Waals surface area (Å²) in [6.45, 7) is 0. The molecule has 1 atom stereocenters. The molecule has 0 aliphatic heterocycles. The van der Waals surface area contributed by atoms with Crippen LogP contribution in [0.15, 0.2) is 29.6 Å². The van der Waals surface area contributed by atoms with E-state index in [0.29, 0.717) is 4.83 Å². The maximum absolute atomic E-state index is 3.87. The van der Waals surface area contributed by atoms with Gasteiger partial charge < -0.3 is 0 Å². The fourth-order valence-electron chi connectivity index (χ4n) is 2.20. The second-order valence-electron chi connectivity index (χ2n) is 4.28. The summed E-state index contributed by atoms with van der Waals surface area (Å²) in [5.41, 5.74) is 1.50. The van der Waals surface area contributed by atoms with Crippen molar-refractivity contribution >= 4 is 37.4 Å². The van der Waals surface area contributed by atoms with Gasteiger partial charge in [0.25, 0.3) is 0 Å². The molecule has 3 rings (SSSR count). The normalized spacial score (nSPS) is 19.0. The number of rotatable bonds is 2. The molecule has 0 N–H and O–H groups in total. The van der Waals surface area contributed by atoms with E-state index in [-0.39, 0.29) is 0 Å². The first-order chi connectivity index (χ1) is 7.36. The van der Waals surface area contributed by atoms with E-state index in [1.807, 2.05) is 11.3 Å². The zero-order chi connectivity index (χ0) is 10.3. The Balaban J connectivity index is 2.02. The molecule has 2 heteroatoms. The highest BCUT2D eigenvalue weighted by Crippen LogP contribution is 2.46. The van der Waals surface area contributed by atoms with E-state index in [0.717, 1.165) is 5.92 Å². The molecule has 78 valence electrons. The van der Waals surface area contributed by atoms with Gasteiger partial charge in [-0.3, -0.25) is 0 Å². The van der Waals surface area contributed by atoms with Crippen molar-refractivity contribution in [2.45, 2.75) is 24.1 Å². The van der Waals surface area contributed by atoms with Gasteiger partial charge in [-0.25, -0.2) is 0 Å². The first kappa shape index (κ1) is 9.86. The van der Waals surface area contributed by atoms with E-state index in [9.17, 15) is 0 Å². The smallest absolute Gasteiger partial charge is 0.0437 e. The minimum Gasteiger partial charge on any atom is -0.143 e. The Labute approximate surface area is 102 Å². The maximum Gasteiger partial charge on any atom is 0.0437 e. The quantitative estimate of drug-likeness (QED) is 0.669. The van der Waals surface area contributed by atoms with Gasteiger partial charge in [0.15, 0.2) is 0 Å². The lowest BCUT2D eigenvalue weighted by atomic mass is 9.81. The van der Waals surface area contributed by atoms with E-state index in [2.05, 4.69) is 45.6 Å². The highest BCUT2D eigenvalue weighted by molar-refractivity contribution is 9.09. The van der Waals surface area contributed by atoms with Gasteiger partial charge in [-0.1, -0.05) is 40.5 Å². The third kappa shape index (κ3) is 1.64. The fraction of sp³-hybridized carbons (Fsp3) is 0.385. The predicted molar refractivity (Wildman–Crippen MR) is 70.8 cm³/mol. The number of alkyl halides is 1. The Kier molecular flexibility index (Phi) is 2.57. The van der Waals surface area contributed by atoms with Crippen molar-refractivity contribution in [3.05, 3.63) is 35.2 Å². The van der Waals surface area contributed by atoms with Gasteiger partial charge in [0.1, 0.15) is 0 Å². The molecule has 1 unspecified atom stereocenters. The number of thiophene rings is 1. The van der Waals surface area contributed by atoms with Gasteiger partial charge in [0, 0.05) is 9.53 Å². The second-order valence-corrected chi connectivity index (χ2v) is 6.18. The molecule has 0 saturated heterocycles. The summed E-state index contributed by atoms with van der Waals surface area (Å²) in [6.07, 6.45) is 4.19. The van der Waals surface area contributed by atoms with E-state index in [1.54, 1.807) is 0 Å². The lowest BCUT2D eigenvalue weighted by Crippen LogP contribution is -2.15. The van der Waals surface area contributed by atoms with Crippen molar-refractivity contribution in [3.63, 3.8) is 0 Å². The molecule has 1 fully saturated rings. The largest absolute Gasteiger partial charge is 0.143 e. The molecule has 1 heterocycles. The van der Waals surface area contributed by atoms with Crippen molar-refractivity contribution in [2.24, 2.45) is 5.92 Å². The molecule has 0 spiro atoms. The number of halogens is 1. The topological polar surface area (TPSA) is 0 Å². The first-order valence-corrected chi connectivity index (χ1v) is 7.26. The Hall–Kier alpha value is -0.340. The summed E-state index contributed by atoms with van der Waals surface area (Å²) >= 11 is 5.73. The summed E-state index contributed by atoms with van der Waals surface area (Å²) in [5, 5.41) is 3.76. The van der Waals surface area contributed by atoms with Gasteiger partial charge in [0.05, 0.1) is 0 Å². The molecule has 1 aliphatic rings. The van der Waals surface area contributed by atoms with Crippen LogP contribution in [0.4, 0.5) is 0 Å². The average molecular weight is 281 g/mol. The molecule has 0 radical (unpaired) electrons. The molecule has 2 aromatic rings. The molecule has 1 aliphatic carbocycles. The Bertz CT molecular complexity index is 470. The van der Waals surface area contributed by atoms with Crippen LogP contribution in [0.25, 0.3) is 10.1 Å². The third-order valence-corrected chi connectivity index (χ3v) is 5.59. The standard InChI is InChI=1S/C13H13BrS/c14-13(9-4-3-5-9)11-8-15-12-7-2-1-6-10(11)12/h1-2,6-9,13H,3-5H2. The molecule has 0 bridgehead atoms. The highest BCUT2D eigenvalue weighted by Gasteiger charge is 2.27. The third-order valence-electron chi connectivity index (χ3n) is 3.37. The van der Waals surface area contributed by atoms with Gasteiger partial charge in [-0.15, -0.1) is 11.3 Å². The van der Waals surface area contributed by atoms with Crippen LogP contribution in [0.2, 0.25) is 0 Å². The monoisotopic (exact) mass is 280 g/mol. The zero-order valence-electron chi connectivity index (χ0n) is 8.45. The van der Waals surface area contributed by atoms with Gasteiger partial charge in [0.2, 0.25) is 0 Å². The molecular weight excluding hydrogens is 268 g/mol. The summed E-state index contributed by atoms with van der Waals surface area (Å²) in [6, 6.07) is 8.71. The first-order valence-electron chi connectivity index (χ1n) is 5.46. The number of fused-ring (bicyclic) bond motifs is 1. The minimum atomic E-state index is 0.572. The number of hydrogen-bond donors (Lipinski definition) is 0. The maximum atomic E-state index is 3.87.